The number of hydrogen-bond donors (Lipinski definition) is 3. The smallest absolute Gasteiger partial charge is 0.221 e. The molecule has 3 N–H and O–H groups in total. The minimum absolute atomic E-state index is 0.0923. The summed E-state index contributed by atoms with van der Waals surface area (Å²) in [5.74, 6) is 2.24. The van der Waals surface area contributed by atoms with Gasteiger partial charge in [0.1, 0.15) is 0 Å². The fraction of sp³-hybridized carbons (Fsp3) is 0.923. The van der Waals surface area contributed by atoms with Gasteiger partial charge < -0.3 is 15.7 Å². The molecule has 0 aromatic rings. The fourth-order valence-electron chi connectivity index (χ4n) is 2.11. The van der Waals surface area contributed by atoms with Crippen molar-refractivity contribution < 1.29 is 9.90 Å². The second-order valence-corrected chi connectivity index (χ2v) is 6.22. The standard InChI is InChI=1S/C13H26N2O2S/c1-3-13(4-2,10-16)9-15-12(17)7-11-8-18-6-5-14-11/h11,14,16H,3-10H2,1-2H3,(H,15,17). The van der Waals surface area contributed by atoms with Crippen molar-refractivity contribution in [3.8, 4) is 0 Å². The van der Waals surface area contributed by atoms with Crippen LogP contribution >= 0.6 is 11.8 Å². The number of amides is 1. The molecule has 0 bridgehead atoms. The zero-order valence-corrected chi connectivity index (χ0v) is 12.3. The highest BCUT2D eigenvalue weighted by molar-refractivity contribution is 7.99. The van der Waals surface area contributed by atoms with Gasteiger partial charge >= 0.3 is 0 Å². The van der Waals surface area contributed by atoms with E-state index in [0.717, 1.165) is 30.9 Å². The van der Waals surface area contributed by atoms with E-state index in [0.29, 0.717) is 19.0 Å². The predicted octanol–water partition coefficient (Wildman–Crippen LogP) is 0.996. The van der Waals surface area contributed by atoms with Crippen LogP contribution in [0.3, 0.4) is 0 Å². The minimum atomic E-state index is -0.148. The number of thioether (sulfide) groups is 1. The van der Waals surface area contributed by atoms with E-state index in [1.54, 1.807) is 0 Å². The van der Waals surface area contributed by atoms with Gasteiger partial charge in [0.25, 0.3) is 0 Å². The van der Waals surface area contributed by atoms with Gasteiger partial charge in [0.15, 0.2) is 0 Å². The molecule has 1 rings (SSSR count). The zero-order valence-electron chi connectivity index (χ0n) is 11.5. The fourth-order valence-corrected chi connectivity index (χ4v) is 3.06. The Bertz CT molecular complexity index is 243. The number of carbonyl (C=O) groups is 1. The first-order chi connectivity index (χ1) is 8.65. The lowest BCUT2D eigenvalue weighted by atomic mass is 9.83. The molecule has 18 heavy (non-hydrogen) atoms. The van der Waals surface area contributed by atoms with Gasteiger partial charge in [-0.1, -0.05) is 13.8 Å². The van der Waals surface area contributed by atoms with Gasteiger partial charge in [-0.3, -0.25) is 4.79 Å². The van der Waals surface area contributed by atoms with Gasteiger partial charge in [-0.15, -0.1) is 0 Å². The van der Waals surface area contributed by atoms with E-state index in [9.17, 15) is 9.90 Å². The van der Waals surface area contributed by atoms with Gasteiger partial charge in [0.2, 0.25) is 5.91 Å². The number of hydrogen-bond acceptors (Lipinski definition) is 4. The Kier molecular flexibility index (Phi) is 7.04. The van der Waals surface area contributed by atoms with E-state index in [-0.39, 0.29) is 17.9 Å². The number of nitrogens with one attached hydrogen (secondary N) is 2. The first kappa shape index (κ1) is 15.8. The van der Waals surface area contributed by atoms with Crippen LogP contribution < -0.4 is 10.6 Å². The van der Waals surface area contributed by atoms with Gasteiger partial charge in [-0.05, 0) is 12.8 Å². The Morgan fingerprint density at radius 2 is 2.22 bits per heavy atom. The molecule has 0 aromatic heterocycles. The van der Waals surface area contributed by atoms with E-state index in [1.165, 1.54) is 0 Å². The molecule has 0 spiro atoms. The van der Waals surface area contributed by atoms with Crippen LogP contribution in [-0.2, 0) is 4.79 Å². The van der Waals surface area contributed by atoms with Crippen molar-refractivity contribution in [2.24, 2.45) is 5.41 Å². The summed E-state index contributed by atoms with van der Waals surface area (Å²) in [7, 11) is 0. The molecule has 5 heteroatoms. The van der Waals surface area contributed by atoms with Crippen LogP contribution in [0.15, 0.2) is 0 Å². The van der Waals surface area contributed by atoms with Crippen molar-refractivity contribution in [1.29, 1.82) is 0 Å². The average Bonchev–Trinajstić information content (AvgIpc) is 2.42. The van der Waals surface area contributed by atoms with Gasteiger partial charge in [-0.25, -0.2) is 0 Å². The van der Waals surface area contributed by atoms with Crippen LogP contribution in [0.4, 0.5) is 0 Å². The summed E-state index contributed by atoms with van der Waals surface area (Å²) < 4.78 is 0. The van der Waals surface area contributed by atoms with Gasteiger partial charge in [-0.2, -0.15) is 11.8 Å². The van der Waals surface area contributed by atoms with Crippen LogP contribution in [0.25, 0.3) is 0 Å². The van der Waals surface area contributed by atoms with E-state index in [1.807, 2.05) is 11.8 Å². The molecule has 0 aromatic carbocycles. The third-order valence-corrected chi connectivity index (χ3v) is 5.06. The minimum Gasteiger partial charge on any atom is -0.396 e. The third-order valence-electron chi connectivity index (χ3n) is 3.93. The molecule has 1 heterocycles. The molecule has 0 saturated carbocycles. The number of aliphatic hydroxyl groups is 1. The van der Waals surface area contributed by atoms with E-state index in [4.69, 9.17) is 0 Å². The molecule has 0 radical (unpaired) electrons. The molecular formula is C13H26N2O2S. The van der Waals surface area contributed by atoms with E-state index in [2.05, 4.69) is 24.5 Å². The lowest BCUT2D eigenvalue weighted by Gasteiger charge is -2.30. The summed E-state index contributed by atoms with van der Waals surface area (Å²) in [5.41, 5.74) is -0.148. The van der Waals surface area contributed by atoms with Crippen LogP contribution in [0, 0.1) is 5.41 Å². The second kappa shape index (κ2) is 8.02. The van der Waals surface area contributed by atoms with Crippen LogP contribution in [-0.4, -0.2) is 48.3 Å². The normalized spacial score (nSPS) is 20.7. The topological polar surface area (TPSA) is 61.4 Å². The Balaban J connectivity index is 2.30. The molecule has 0 aliphatic carbocycles. The monoisotopic (exact) mass is 274 g/mol. The Morgan fingerprint density at radius 1 is 1.50 bits per heavy atom. The summed E-state index contributed by atoms with van der Waals surface area (Å²) in [6.45, 7) is 5.83. The Morgan fingerprint density at radius 3 is 2.72 bits per heavy atom. The maximum atomic E-state index is 11.9. The Hall–Kier alpha value is -0.260. The SMILES string of the molecule is CCC(CC)(CO)CNC(=O)CC1CSCCN1. The van der Waals surface area contributed by atoms with Crippen molar-refractivity contribution in [1.82, 2.24) is 10.6 Å². The highest BCUT2D eigenvalue weighted by atomic mass is 32.2. The summed E-state index contributed by atoms with van der Waals surface area (Å²) in [5, 5.41) is 15.8. The Labute approximate surface area is 114 Å². The molecule has 1 atom stereocenters. The second-order valence-electron chi connectivity index (χ2n) is 5.07. The summed E-state index contributed by atoms with van der Waals surface area (Å²) in [6.07, 6.45) is 2.32. The average molecular weight is 274 g/mol. The molecular weight excluding hydrogens is 248 g/mol. The van der Waals surface area contributed by atoms with Crippen LogP contribution in [0.5, 0.6) is 0 Å². The summed E-state index contributed by atoms with van der Waals surface area (Å²) in [4.78, 5) is 11.9. The van der Waals surface area contributed by atoms with Crippen molar-refractivity contribution in [3.63, 3.8) is 0 Å². The quantitative estimate of drug-likeness (QED) is 0.648. The lowest BCUT2D eigenvalue weighted by Crippen LogP contribution is -2.44. The molecule has 1 saturated heterocycles. The molecule has 1 aliphatic heterocycles. The molecule has 1 amide bonds. The predicted molar refractivity (Wildman–Crippen MR) is 76.8 cm³/mol. The molecule has 4 nitrogen and oxygen atoms in total. The first-order valence-electron chi connectivity index (χ1n) is 6.84. The molecule has 1 aliphatic rings. The van der Waals surface area contributed by atoms with Crippen LogP contribution in [0.2, 0.25) is 0 Å². The van der Waals surface area contributed by atoms with E-state index >= 15 is 0 Å². The van der Waals surface area contributed by atoms with Crippen molar-refractivity contribution in [2.45, 2.75) is 39.2 Å². The van der Waals surface area contributed by atoms with Crippen molar-refractivity contribution in [3.05, 3.63) is 0 Å². The number of aliphatic hydroxyl groups excluding tert-OH is 1. The molecule has 1 fully saturated rings. The van der Waals surface area contributed by atoms with Gasteiger partial charge in [0, 0.05) is 42.5 Å². The zero-order chi connectivity index (χ0) is 13.4. The third kappa shape index (κ3) is 4.78. The largest absolute Gasteiger partial charge is 0.396 e. The maximum absolute atomic E-state index is 11.9. The van der Waals surface area contributed by atoms with Crippen molar-refractivity contribution in [2.75, 3.05) is 31.2 Å². The van der Waals surface area contributed by atoms with Crippen molar-refractivity contribution >= 4 is 17.7 Å². The van der Waals surface area contributed by atoms with Gasteiger partial charge in [0.05, 0.1) is 6.61 Å². The number of carbonyl (C=O) groups excluding carboxylic acids is 1. The van der Waals surface area contributed by atoms with E-state index < -0.39 is 0 Å². The summed E-state index contributed by atoms with van der Waals surface area (Å²) >= 11 is 1.90. The first-order valence-corrected chi connectivity index (χ1v) is 8.00. The van der Waals surface area contributed by atoms with Crippen LogP contribution in [0.1, 0.15) is 33.1 Å². The number of rotatable bonds is 7. The lowest BCUT2D eigenvalue weighted by molar-refractivity contribution is -0.122. The maximum Gasteiger partial charge on any atom is 0.221 e. The molecule has 1 unspecified atom stereocenters. The highest BCUT2D eigenvalue weighted by Crippen LogP contribution is 2.24. The molecule has 106 valence electrons. The highest BCUT2D eigenvalue weighted by Gasteiger charge is 2.26. The summed E-state index contributed by atoms with van der Waals surface area (Å²) in [6, 6.07) is 0.301.